The molecule has 0 saturated heterocycles. The molecule has 0 unspecified atom stereocenters. The van der Waals surface area contributed by atoms with Gasteiger partial charge in [-0.3, -0.25) is 4.79 Å². The summed E-state index contributed by atoms with van der Waals surface area (Å²) in [6, 6.07) is 2.07. The predicted molar refractivity (Wildman–Crippen MR) is 113 cm³/mol. The maximum Gasteiger partial charge on any atom is 0.238 e. The molecule has 0 aromatic carbocycles. The van der Waals surface area contributed by atoms with Gasteiger partial charge in [-0.1, -0.05) is 18.7 Å². The zero-order valence-corrected chi connectivity index (χ0v) is 18.2. The van der Waals surface area contributed by atoms with Crippen LogP contribution in [-0.4, -0.2) is 30.9 Å². The molecule has 0 aliphatic carbocycles. The molecule has 144 valence electrons. The number of aromatic nitrogens is 4. The van der Waals surface area contributed by atoms with Gasteiger partial charge in [0.15, 0.2) is 0 Å². The molecular formula is C19H25N5OS2. The Bertz CT molecular complexity index is 978. The number of amides is 1. The van der Waals surface area contributed by atoms with E-state index in [9.17, 15) is 4.79 Å². The van der Waals surface area contributed by atoms with E-state index in [1.54, 1.807) is 17.5 Å². The van der Waals surface area contributed by atoms with E-state index in [-0.39, 0.29) is 17.2 Å². The average molecular weight is 404 g/mol. The number of hydrogen-bond donors (Lipinski definition) is 1. The number of aryl methyl sites for hydroxylation is 3. The molecule has 3 aromatic rings. The molecule has 0 saturated carbocycles. The van der Waals surface area contributed by atoms with E-state index < -0.39 is 0 Å². The lowest BCUT2D eigenvalue weighted by atomic mass is 10.2. The Kier molecular flexibility index (Phi) is 5.86. The van der Waals surface area contributed by atoms with Gasteiger partial charge < -0.3 is 5.32 Å². The van der Waals surface area contributed by atoms with Crippen LogP contribution < -0.4 is 5.32 Å². The van der Waals surface area contributed by atoms with Crippen molar-refractivity contribution in [3.8, 4) is 0 Å². The van der Waals surface area contributed by atoms with E-state index in [1.165, 1.54) is 22.2 Å². The summed E-state index contributed by atoms with van der Waals surface area (Å²) in [6.45, 7) is 12.2. The van der Waals surface area contributed by atoms with E-state index in [0.29, 0.717) is 0 Å². The molecule has 2 atom stereocenters. The summed E-state index contributed by atoms with van der Waals surface area (Å²) in [7, 11) is 0. The van der Waals surface area contributed by atoms with Crippen molar-refractivity contribution in [2.75, 3.05) is 5.32 Å². The molecule has 27 heavy (non-hydrogen) atoms. The highest BCUT2D eigenvalue weighted by atomic mass is 32.2. The normalized spacial score (nSPS) is 13.7. The van der Waals surface area contributed by atoms with Crippen LogP contribution >= 0.6 is 23.1 Å². The first-order valence-electron chi connectivity index (χ1n) is 9.07. The van der Waals surface area contributed by atoms with Crippen LogP contribution in [-0.2, 0) is 4.79 Å². The first kappa shape index (κ1) is 19.8. The van der Waals surface area contributed by atoms with Crippen molar-refractivity contribution in [3.63, 3.8) is 0 Å². The summed E-state index contributed by atoms with van der Waals surface area (Å²) in [5.41, 5.74) is 1.19. The SMILES string of the molecule is CC[C@@H](C)n1nccc1NC(=O)[C@H](C)Sc1nc(C)nc2sc(C)c(C)c12. The van der Waals surface area contributed by atoms with Crippen molar-refractivity contribution in [2.45, 2.75) is 64.3 Å². The van der Waals surface area contributed by atoms with Gasteiger partial charge in [0.2, 0.25) is 5.91 Å². The van der Waals surface area contributed by atoms with E-state index in [4.69, 9.17) is 0 Å². The summed E-state index contributed by atoms with van der Waals surface area (Å²) < 4.78 is 1.86. The van der Waals surface area contributed by atoms with Crippen LogP contribution in [0.5, 0.6) is 0 Å². The van der Waals surface area contributed by atoms with Crippen molar-refractivity contribution in [1.82, 2.24) is 19.7 Å². The van der Waals surface area contributed by atoms with Gasteiger partial charge in [-0.2, -0.15) is 5.10 Å². The van der Waals surface area contributed by atoms with Crippen LogP contribution in [0.3, 0.4) is 0 Å². The molecule has 1 amide bonds. The number of anilines is 1. The molecule has 8 heteroatoms. The van der Waals surface area contributed by atoms with Gasteiger partial charge in [-0.25, -0.2) is 14.6 Å². The smallest absolute Gasteiger partial charge is 0.238 e. The molecule has 0 spiro atoms. The number of thiophene rings is 1. The number of rotatable bonds is 6. The fourth-order valence-electron chi connectivity index (χ4n) is 2.79. The molecule has 6 nitrogen and oxygen atoms in total. The third-order valence-corrected chi connectivity index (χ3v) is 6.88. The van der Waals surface area contributed by atoms with Crippen LogP contribution in [0.15, 0.2) is 17.3 Å². The highest BCUT2D eigenvalue weighted by molar-refractivity contribution is 8.00. The van der Waals surface area contributed by atoms with Gasteiger partial charge in [0.25, 0.3) is 0 Å². The monoisotopic (exact) mass is 403 g/mol. The Morgan fingerprint density at radius 2 is 2.04 bits per heavy atom. The molecule has 3 aromatic heterocycles. The zero-order chi connectivity index (χ0) is 19.7. The van der Waals surface area contributed by atoms with Crippen molar-refractivity contribution in [2.24, 2.45) is 0 Å². The van der Waals surface area contributed by atoms with Gasteiger partial charge in [-0.05, 0) is 46.6 Å². The van der Waals surface area contributed by atoms with Crippen molar-refractivity contribution in [1.29, 1.82) is 0 Å². The Morgan fingerprint density at radius 3 is 2.74 bits per heavy atom. The molecular weight excluding hydrogens is 378 g/mol. The van der Waals surface area contributed by atoms with E-state index in [0.717, 1.165) is 33.3 Å². The number of nitrogens with zero attached hydrogens (tertiary/aromatic N) is 4. The number of carbonyl (C=O) groups excluding carboxylic acids is 1. The lowest BCUT2D eigenvalue weighted by Gasteiger charge is -2.16. The highest BCUT2D eigenvalue weighted by Crippen LogP contribution is 2.36. The maximum absolute atomic E-state index is 12.8. The number of hydrogen-bond acceptors (Lipinski definition) is 6. The van der Waals surface area contributed by atoms with Gasteiger partial charge in [0, 0.05) is 16.3 Å². The molecule has 0 bridgehead atoms. The number of carbonyl (C=O) groups is 1. The minimum atomic E-state index is -0.289. The fourth-order valence-corrected chi connectivity index (χ4v) is 4.98. The molecule has 1 N–H and O–H groups in total. The topological polar surface area (TPSA) is 72.7 Å². The average Bonchev–Trinajstić information content (AvgIpc) is 3.18. The molecule has 0 aliphatic rings. The predicted octanol–water partition coefficient (Wildman–Crippen LogP) is 4.90. The summed E-state index contributed by atoms with van der Waals surface area (Å²) in [5.74, 6) is 1.40. The van der Waals surface area contributed by atoms with Gasteiger partial charge >= 0.3 is 0 Å². The first-order valence-corrected chi connectivity index (χ1v) is 10.8. The van der Waals surface area contributed by atoms with Crippen molar-refractivity contribution < 1.29 is 4.79 Å². The van der Waals surface area contributed by atoms with Crippen LogP contribution in [0.2, 0.25) is 0 Å². The van der Waals surface area contributed by atoms with Gasteiger partial charge in [0.1, 0.15) is 21.5 Å². The maximum atomic E-state index is 12.8. The summed E-state index contributed by atoms with van der Waals surface area (Å²) >= 11 is 3.16. The molecule has 0 radical (unpaired) electrons. The van der Waals surface area contributed by atoms with Gasteiger partial charge in [-0.15, -0.1) is 11.3 Å². The standard InChI is InChI=1S/C19H25N5OS2/c1-7-10(2)24-15(8-9-20-24)23-17(25)13(5)27-19-16-11(3)12(4)26-18(16)21-14(6)22-19/h8-10,13H,7H2,1-6H3,(H,23,25)/t10-,13+/m1/s1. The number of fused-ring (bicyclic) bond motifs is 1. The first-order chi connectivity index (χ1) is 12.8. The third-order valence-electron chi connectivity index (χ3n) is 4.69. The van der Waals surface area contributed by atoms with Crippen LogP contribution in [0.4, 0.5) is 5.82 Å². The molecule has 0 aliphatic heterocycles. The Balaban J connectivity index is 1.82. The number of nitrogens with one attached hydrogen (secondary N) is 1. The molecule has 3 heterocycles. The quantitative estimate of drug-likeness (QED) is 0.468. The number of thioether (sulfide) groups is 1. The Morgan fingerprint density at radius 1 is 1.30 bits per heavy atom. The molecule has 0 fully saturated rings. The second-order valence-corrected chi connectivity index (χ2v) is 9.24. The van der Waals surface area contributed by atoms with E-state index in [1.807, 2.05) is 24.6 Å². The highest BCUT2D eigenvalue weighted by Gasteiger charge is 2.21. The summed E-state index contributed by atoms with van der Waals surface area (Å²) in [5, 5.41) is 8.98. The molecule has 3 rings (SSSR count). The Labute approximate surface area is 167 Å². The van der Waals surface area contributed by atoms with Crippen LogP contribution in [0.1, 0.15) is 49.5 Å². The van der Waals surface area contributed by atoms with Crippen LogP contribution in [0, 0.1) is 20.8 Å². The lowest BCUT2D eigenvalue weighted by molar-refractivity contribution is -0.115. The van der Waals surface area contributed by atoms with E-state index >= 15 is 0 Å². The van der Waals surface area contributed by atoms with Gasteiger partial charge in [0.05, 0.1) is 17.5 Å². The summed E-state index contributed by atoms with van der Waals surface area (Å²) in [6.07, 6.45) is 2.66. The third kappa shape index (κ3) is 4.01. The summed E-state index contributed by atoms with van der Waals surface area (Å²) in [4.78, 5) is 24.2. The van der Waals surface area contributed by atoms with Crippen LogP contribution in [0.25, 0.3) is 10.2 Å². The Hall–Kier alpha value is -1.93. The lowest BCUT2D eigenvalue weighted by Crippen LogP contribution is -2.25. The minimum Gasteiger partial charge on any atom is -0.310 e. The minimum absolute atomic E-state index is 0.0564. The zero-order valence-electron chi connectivity index (χ0n) is 16.5. The fraction of sp³-hybridized carbons (Fsp3) is 0.474. The van der Waals surface area contributed by atoms with Crippen molar-refractivity contribution in [3.05, 3.63) is 28.5 Å². The largest absolute Gasteiger partial charge is 0.310 e. The second kappa shape index (κ2) is 7.98. The van der Waals surface area contributed by atoms with Crippen molar-refractivity contribution >= 4 is 45.0 Å². The second-order valence-electron chi connectivity index (χ2n) is 6.71. The van der Waals surface area contributed by atoms with E-state index in [2.05, 4.69) is 48.1 Å².